The van der Waals surface area contributed by atoms with Crippen molar-refractivity contribution in [2.75, 3.05) is 19.7 Å². The number of amides is 1. The Morgan fingerprint density at radius 2 is 2.14 bits per heavy atom. The van der Waals surface area contributed by atoms with Crippen molar-refractivity contribution in [1.29, 1.82) is 0 Å². The highest BCUT2D eigenvalue weighted by atomic mass is 16.5. The van der Waals surface area contributed by atoms with Gasteiger partial charge in [0.1, 0.15) is 6.54 Å². The van der Waals surface area contributed by atoms with Crippen LogP contribution >= 0.6 is 0 Å². The molecule has 22 heavy (non-hydrogen) atoms. The molecule has 1 fully saturated rings. The second-order valence-electron chi connectivity index (χ2n) is 5.25. The summed E-state index contributed by atoms with van der Waals surface area (Å²) in [5, 5.41) is 3.78. The number of nitrogens with zero attached hydrogens (tertiary/aromatic N) is 3. The molecule has 1 amide bonds. The van der Waals surface area contributed by atoms with Crippen molar-refractivity contribution in [3.05, 3.63) is 40.9 Å². The van der Waals surface area contributed by atoms with Crippen molar-refractivity contribution in [3.8, 4) is 11.4 Å². The lowest BCUT2D eigenvalue weighted by Crippen LogP contribution is -2.46. The molecule has 0 N–H and O–H groups in total. The summed E-state index contributed by atoms with van der Waals surface area (Å²) in [6, 6.07) is 9.17. The predicted molar refractivity (Wildman–Crippen MR) is 78.2 cm³/mol. The Kier molecular flexibility index (Phi) is 4.06. The quantitative estimate of drug-likeness (QED) is 0.836. The zero-order chi connectivity index (χ0) is 15.5. The van der Waals surface area contributed by atoms with Crippen LogP contribution in [-0.4, -0.2) is 46.3 Å². The van der Waals surface area contributed by atoms with Gasteiger partial charge in [0, 0.05) is 18.7 Å². The molecule has 7 heteroatoms. The molecule has 1 unspecified atom stereocenters. The molecule has 1 aromatic carbocycles. The Morgan fingerprint density at radius 1 is 1.36 bits per heavy atom. The van der Waals surface area contributed by atoms with Gasteiger partial charge in [0.25, 0.3) is 0 Å². The topological polar surface area (TPSA) is 77.6 Å². The van der Waals surface area contributed by atoms with Crippen LogP contribution in [0.3, 0.4) is 0 Å². The fourth-order valence-corrected chi connectivity index (χ4v) is 2.48. The summed E-state index contributed by atoms with van der Waals surface area (Å²) in [6.07, 6.45) is 0.00508. The first-order valence-corrected chi connectivity index (χ1v) is 7.16. The monoisotopic (exact) mass is 303 g/mol. The third kappa shape index (κ3) is 2.94. The first-order chi connectivity index (χ1) is 10.6. The first-order valence-electron chi connectivity index (χ1n) is 7.16. The van der Waals surface area contributed by atoms with E-state index in [0.29, 0.717) is 25.5 Å². The molecular formula is C15H17N3O4. The molecule has 1 aliphatic rings. The highest BCUT2D eigenvalue weighted by molar-refractivity contribution is 5.76. The summed E-state index contributed by atoms with van der Waals surface area (Å²) in [6.45, 7) is 3.40. The molecule has 7 nitrogen and oxygen atoms in total. The number of hydrogen-bond donors (Lipinski definition) is 0. The highest BCUT2D eigenvalue weighted by Crippen LogP contribution is 2.15. The average molecular weight is 303 g/mol. The predicted octanol–water partition coefficient (Wildman–Crippen LogP) is 0.751. The van der Waals surface area contributed by atoms with Gasteiger partial charge in [-0.1, -0.05) is 35.5 Å². The minimum absolute atomic E-state index is 0.00508. The van der Waals surface area contributed by atoms with E-state index in [2.05, 4.69) is 5.16 Å². The maximum atomic E-state index is 12.4. The van der Waals surface area contributed by atoms with Crippen LogP contribution in [0.5, 0.6) is 0 Å². The van der Waals surface area contributed by atoms with Gasteiger partial charge in [-0.05, 0) is 6.92 Å². The van der Waals surface area contributed by atoms with Gasteiger partial charge in [0.2, 0.25) is 5.91 Å². The Hall–Kier alpha value is -2.41. The molecule has 1 saturated heterocycles. The largest absolute Gasteiger partial charge is 0.442 e. The maximum Gasteiger partial charge on any atom is 0.442 e. The van der Waals surface area contributed by atoms with E-state index < -0.39 is 5.76 Å². The fraction of sp³-hybridized carbons (Fsp3) is 0.400. The lowest BCUT2D eigenvalue weighted by molar-refractivity contribution is -0.138. The molecule has 0 bridgehead atoms. The number of ether oxygens (including phenoxy) is 1. The van der Waals surface area contributed by atoms with Gasteiger partial charge in [-0.25, -0.2) is 9.36 Å². The average Bonchev–Trinajstić information content (AvgIpc) is 2.89. The zero-order valence-corrected chi connectivity index (χ0v) is 12.3. The number of hydrogen-bond acceptors (Lipinski definition) is 5. The third-order valence-corrected chi connectivity index (χ3v) is 3.61. The molecule has 116 valence electrons. The van der Waals surface area contributed by atoms with Gasteiger partial charge >= 0.3 is 5.76 Å². The van der Waals surface area contributed by atoms with Crippen molar-refractivity contribution in [1.82, 2.24) is 14.6 Å². The van der Waals surface area contributed by atoms with Crippen LogP contribution in [0.25, 0.3) is 11.4 Å². The maximum absolute atomic E-state index is 12.4. The van der Waals surface area contributed by atoms with Crippen molar-refractivity contribution >= 4 is 5.91 Å². The SMILES string of the molecule is CC1CN(C(=O)Cn2c(-c3ccccc3)noc2=O)CCO1. The van der Waals surface area contributed by atoms with Crippen LogP contribution < -0.4 is 5.76 Å². The lowest BCUT2D eigenvalue weighted by atomic mass is 10.2. The number of carbonyl (C=O) groups excluding carboxylic acids is 1. The van der Waals surface area contributed by atoms with Crippen LogP contribution in [0.2, 0.25) is 0 Å². The van der Waals surface area contributed by atoms with Gasteiger partial charge in [-0.15, -0.1) is 0 Å². The second-order valence-corrected chi connectivity index (χ2v) is 5.25. The number of rotatable bonds is 3. The minimum Gasteiger partial charge on any atom is -0.375 e. The molecule has 2 aromatic rings. The molecule has 1 aliphatic heterocycles. The molecule has 0 saturated carbocycles. The van der Waals surface area contributed by atoms with Crippen LogP contribution in [0.15, 0.2) is 39.6 Å². The molecule has 1 atom stereocenters. The number of morpholine rings is 1. The Labute approximate surface area is 127 Å². The summed E-state index contributed by atoms with van der Waals surface area (Å²) in [5.41, 5.74) is 0.733. The van der Waals surface area contributed by atoms with Gasteiger partial charge in [-0.2, -0.15) is 0 Å². The molecule has 0 spiro atoms. The van der Waals surface area contributed by atoms with E-state index in [9.17, 15) is 9.59 Å². The Morgan fingerprint density at radius 3 is 2.86 bits per heavy atom. The van der Waals surface area contributed by atoms with E-state index in [1.54, 1.807) is 4.90 Å². The number of aromatic nitrogens is 2. The highest BCUT2D eigenvalue weighted by Gasteiger charge is 2.24. The van der Waals surface area contributed by atoms with E-state index in [1.807, 2.05) is 37.3 Å². The van der Waals surface area contributed by atoms with E-state index in [0.717, 1.165) is 5.56 Å². The summed E-state index contributed by atoms with van der Waals surface area (Å²) >= 11 is 0. The van der Waals surface area contributed by atoms with Gasteiger partial charge in [0.05, 0.1) is 12.7 Å². The van der Waals surface area contributed by atoms with E-state index in [-0.39, 0.29) is 18.6 Å². The summed E-state index contributed by atoms with van der Waals surface area (Å²) < 4.78 is 11.4. The van der Waals surface area contributed by atoms with Gasteiger partial charge in [0.15, 0.2) is 5.82 Å². The van der Waals surface area contributed by atoms with Crippen LogP contribution in [0.4, 0.5) is 0 Å². The summed E-state index contributed by atoms with van der Waals surface area (Å²) in [5.74, 6) is -0.411. The van der Waals surface area contributed by atoms with Crippen molar-refractivity contribution < 1.29 is 14.1 Å². The molecule has 2 heterocycles. The molecule has 0 radical (unpaired) electrons. The van der Waals surface area contributed by atoms with Crippen molar-refractivity contribution in [3.63, 3.8) is 0 Å². The van der Waals surface area contributed by atoms with Gasteiger partial charge in [-0.3, -0.25) is 9.32 Å². The van der Waals surface area contributed by atoms with Crippen molar-refractivity contribution in [2.45, 2.75) is 19.6 Å². The Bertz CT molecular complexity index is 707. The molecule has 0 aliphatic carbocycles. The smallest absolute Gasteiger partial charge is 0.375 e. The molecular weight excluding hydrogens is 286 g/mol. The molecule has 3 rings (SSSR count). The summed E-state index contributed by atoms with van der Waals surface area (Å²) in [7, 11) is 0. The molecule has 1 aromatic heterocycles. The van der Waals surface area contributed by atoms with Crippen LogP contribution in [0, 0.1) is 0 Å². The van der Waals surface area contributed by atoms with Crippen molar-refractivity contribution in [2.24, 2.45) is 0 Å². The normalized spacial score (nSPS) is 18.4. The number of benzene rings is 1. The van der Waals surface area contributed by atoms with Crippen LogP contribution in [0.1, 0.15) is 6.92 Å². The van der Waals surface area contributed by atoms with E-state index in [1.165, 1.54) is 4.57 Å². The zero-order valence-electron chi connectivity index (χ0n) is 12.3. The first kappa shape index (κ1) is 14.5. The fourth-order valence-electron chi connectivity index (χ4n) is 2.48. The van der Waals surface area contributed by atoms with E-state index >= 15 is 0 Å². The second kappa shape index (κ2) is 6.15. The van der Waals surface area contributed by atoms with E-state index in [4.69, 9.17) is 9.26 Å². The van der Waals surface area contributed by atoms with Gasteiger partial charge < -0.3 is 9.64 Å². The third-order valence-electron chi connectivity index (χ3n) is 3.61. The van der Waals surface area contributed by atoms with Crippen LogP contribution in [-0.2, 0) is 16.1 Å². The standard InChI is InChI=1S/C15H17N3O4/c1-11-9-17(7-8-21-11)13(19)10-18-14(16-22-15(18)20)12-5-3-2-4-6-12/h2-6,11H,7-10H2,1H3. The lowest BCUT2D eigenvalue weighted by Gasteiger charge is -2.31. The number of carbonyl (C=O) groups is 1. The Balaban J connectivity index is 1.82. The summed E-state index contributed by atoms with van der Waals surface area (Å²) in [4.78, 5) is 25.9. The minimum atomic E-state index is -0.631.